The number of likely N-dealkylation sites (tertiary alicyclic amines) is 1. The third-order valence-corrected chi connectivity index (χ3v) is 7.00. The molecule has 34 heavy (non-hydrogen) atoms. The second kappa shape index (κ2) is 10.2. The van der Waals surface area contributed by atoms with E-state index in [0.29, 0.717) is 5.82 Å². The van der Waals surface area contributed by atoms with E-state index < -0.39 is 0 Å². The van der Waals surface area contributed by atoms with Gasteiger partial charge in [0.05, 0.1) is 17.7 Å². The Kier molecular flexibility index (Phi) is 6.69. The topological polar surface area (TPSA) is 63.5 Å². The zero-order valence-electron chi connectivity index (χ0n) is 19.1. The Bertz CT molecular complexity index is 1220. The van der Waals surface area contributed by atoms with E-state index in [1.807, 2.05) is 71.2 Å². The van der Waals surface area contributed by atoms with E-state index in [9.17, 15) is 4.79 Å². The van der Waals surface area contributed by atoms with Crippen molar-refractivity contribution in [2.45, 2.75) is 25.4 Å². The molecular formula is C26H27N5O2S. The number of carbonyl (C=O) groups excluding carboxylic acids is 1. The summed E-state index contributed by atoms with van der Waals surface area (Å²) >= 11 is 1.47. The Morgan fingerprint density at radius 3 is 2.76 bits per heavy atom. The molecule has 0 aliphatic carbocycles. The van der Waals surface area contributed by atoms with Crippen molar-refractivity contribution < 1.29 is 9.53 Å². The van der Waals surface area contributed by atoms with Gasteiger partial charge in [0.2, 0.25) is 0 Å². The van der Waals surface area contributed by atoms with Crippen LogP contribution in [0.25, 0.3) is 5.69 Å². The molecule has 0 N–H and O–H groups in total. The van der Waals surface area contributed by atoms with Gasteiger partial charge in [-0.1, -0.05) is 18.2 Å². The number of benzene rings is 1. The number of nitrogens with zero attached hydrogens (tertiary/aromatic N) is 5. The van der Waals surface area contributed by atoms with Gasteiger partial charge in [-0.3, -0.25) is 19.6 Å². The number of rotatable bonds is 7. The molecule has 1 saturated heterocycles. The van der Waals surface area contributed by atoms with E-state index in [0.717, 1.165) is 48.8 Å². The minimum absolute atomic E-state index is 0.0107. The van der Waals surface area contributed by atoms with Crippen molar-refractivity contribution in [2.75, 3.05) is 25.1 Å². The van der Waals surface area contributed by atoms with Crippen LogP contribution in [-0.2, 0) is 6.54 Å². The van der Waals surface area contributed by atoms with Gasteiger partial charge in [0.1, 0.15) is 5.75 Å². The molecule has 174 valence electrons. The number of ether oxygens (including phenoxy) is 1. The van der Waals surface area contributed by atoms with Crippen LogP contribution in [-0.4, -0.2) is 51.8 Å². The number of thiophene rings is 1. The molecule has 0 saturated carbocycles. The Labute approximate surface area is 203 Å². The highest BCUT2D eigenvalue weighted by Crippen LogP contribution is 2.27. The van der Waals surface area contributed by atoms with Crippen LogP contribution in [0, 0.1) is 0 Å². The number of hydrogen-bond donors (Lipinski definition) is 0. The van der Waals surface area contributed by atoms with Gasteiger partial charge in [-0.05, 0) is 48.1 Å². The number of methoxy groups -OCH3 is 1. The normalized spacial score (nSPS) is 14.7. The van der Waals surface area contributed by atoms with E-state index in [4.69, 9.17) is 9.84 Å². The number of piperidine rings is 1. The molecule has 0 bridgehead atoms. The van der Waals surface area contributed by atoms with Gasteiger partial charge >= 0.3 is 0 Å². The molecule has 4 aromatic rings. The van der Waals surface area contributed by atoms with Crippen LogP contribution in [0.15, 0.2) is 78.6 Å². The maximum Gasteiger partial charge on any atom is 0.269 e. The summed E-state index contributed by atoms with van der Waals surface area (Å²) in [6, 6.07) is 17.6. The van der Waals surface area contributed by atoms with Gasteiger partial charge in [-0.15, -0.1) is 16.4 Å². The fourth-order valence-electron chi connectivity index (χ4n) is 4.40. The molecule has 0 radical (unpaired) electrons. The van der Waals surface area contributed by atoms with Crippen LogP contribution in [0.5, 0.6) is 5.75 Å². The summed E-state index contributed by atoms with van der Waals surface area (Å²) in [5.41, 5.74) is 2.10. The summed E-state index contributed by atoms with van der Waals surface area (Å²) in [4.78, 5) is 22.8. The molecule has 0 unspecified atom stereocenters. The molecule has 1 aromatic carbocycles. The number of amides is 1. The first-order valence-electron chi connectivity index (χ1n) is 11.4. The number of aromatic nitrogens is 3. The van der Waals surface area contributed by atoms with Crippen LogP contribution < -0.4 is 9.64 Å². The second-order valence-corrected chi connectivity index (χ2v) is 9.29. The van der Waals surface area contributed by atoms with E-state index in [2.05, 4.69) is 16.0 Å². The number of hydrogen-bond acceptors (Lipinski definition) is 6. The first kappa shape index (κ1) is 22.3. The van der Waals surface area contributed by atoms with Crippen LogP contribution in [0.2, 0.25) is 0 Å². The van der Waals surface area contributed by atoms with Gasteiger partial charge in [-0.2, -0.15) is 0 Å². The summed E-state index contributed by atoms with van der Waals surface area (Å²) in [6.07, 6.45) is 7.40. The number of anilines is 1. The predicted molar refractivity (Wildman–Crippen MR) is 134 cm³/mol. The van der Waals surface area contributed by atoms with E-state index in [-0.39, 0.29) is 11.9 Å². The molecule has 4 heterocycles. The minimum atomic E-state index is 0.0107. The van der Waals surface area contributed by atoms with E-state index >= 15 is 0 Å². The van der Waals surface area contributed by atoms with Crippen LogP contribution in [0.1, 0.15) is 28.1 Å². The van der Waals surface area contributed by atoms with Gasteiger partial charge in [-0.25, -0.2) is 4.68 Å². The highest BCUT2D eigenvalue weighted by atomic mass is 32.1. The van der Waals surface area contributed by atoms with Gasteiger partial charge in [0.15, 0.2) is 5.82 Å². The zero-order valence-corrected chi connectivity index (χ0v) is 19.9. The third-order valence-electron chi connectivity index (χ3n) is 6.14. The molecule has 0 atom stereocenters. The van der Waals surface area contributed by atoms with Crippen molar-refractivity contribution in [1.29, 1.82) is 0 Å². The Morgan fingerprint density at radius 2 is 2.03 bits per heavy atom. The zero-order chi connectivity index (χ0) is 23.3. The Hall–Kier alpha value is -3.49. The lowest BCUT2D eigenvalue weighted by molar-refractivity contribution is 0.0961. The molecule has 1 amide bonds. The molecule has 5 rings (SSSR count). The van der Waals surface area contributed by atoms with Gasteiger partial charge in [0, 0.05) is 56.4 Å². The van der Waals surface area contributed by atoms with Crippen molar-refractivity contribution in [3.05, 3.63) is 89.0 Å². The molecule has 0 spiro atoms. The highest BCUT2D eigenvalue weighted by molar-refractivity contribution is 7.12. The Morgan fingerprint density at radius 1 is 1.15 bits per heavy atom. The fraction of sp³-hybridized carbons (Fsp3) is 0.269. The maximum atomic E-state index is 13.6. The van der Waals surface area contributed by atoms with Crippen molar-refractivity contribution in [3.8, 4) is 11.4 Å². The third kappa shape index (κ3) is 4.88. The minimum Gasteiger partial charge on any atom is -0.497 e. The molecule has 1 aliphatic heterocycles. The number of pyridine rings is 1. The summed E-state index contributed by atoms with van der Waals surface area (Å²) in [6.45, 7) is 2.72. The first-order valence-corrected chi connectivity index (χ1v) is 12.3. The Balaban J connectivity index is 1.37. The number of carbonyl (C=O) groups is 1. The molecule has 1 aliphatic rings. The van der Waals surface area contributed by atoms with Crippen molar-refractivity contribution in [1.82, 2.24) is 19.7 Å². The van der Waals surface area contributed by atoms with Crippen LogP contribution in [0.4, 0.5) is 5.82 Å². The summed E-state index contributed by atoms with van der Waals surface area (Å²) in [5.74, 6) is 1.45. The smallest absolute Gasteiger partial charge is 0.269 e. The molecular weight excluding hydrogens is 446 g/mol. The monoisotopic (exact) mass is 473 g/mol. The van der Waals surface area contributed by atoms with Crippen LogP contribution >= 0.6 is 11.3 Å². The lowest BCUT2D eigenvalue weighted by atomic mass is 10.0. The first-order chi connectivity index (χ1) is 16.7. The summed E-state index contributed by atoms with van der Waals surface area (Å²) in [5, 5.41) is 6.74. The maximum absolute atomic E-state index is 13.6. The highest BCUT2D eigenvalue weighted by Gasteiger charge is 2.31. The standard InChI is InChI=1S/C26H27N5O2S/c1-33-23-7-2-6-22(17-23)30-15-11-25(28-30)31(26(32)24-8-4-16-34-24)21-9-13-29(14-10-21)19-20-5-3-12-27-18-20/h2-8,11-12,15-18,21H,9-10,13-14,19H2,1H3. The fourth-order valence-corrected chi connectivity index (χ4v) is 5.06. The molecule has 8 heteroatoms. The SMILES string of the molecule is COc1cccc(-n2ccc(N(C(=O)c3cccs3)C3CCN(Cc4cccnc4)CC3)n2)c1. The summed E-state index contributed by atoms with van der Waals surface area (Å²) < 4.78 is 7.15. The quantitative estimate of drug-likeness (QED) is 0.391. The summed E-state index contributed by atoms with van der Waals surface area (Å²) in [7, 11) is 1.65. The van der Waals surface area contributed by atoms with Crippen molar-refractivity contribution in [2.24, 2.45) is 0 Å². The second-order valence-electron chi connectivity index (χ2n) is 8.34. The average Bonchev–Trinajstić information content (AvgIpc) is 3.59. The van der Waals surface area contributed by atoms with Gasteiger partial charge < -0.3 is 4.74 Å². The molecule has 3 aromatic heterocycles. The lowest BCUT2D eigenvalue weighted by Crippen LogP contribution is -2.47. The van der Waals surface area contributed by atoms with Gasteiger partial charge in [0.25, 0.3) is 5.91 Å². The van der Waals surface area contributed by atoms with Crippen LogP contribution in [0.3, 0.4) is 0 Å². The average molecular weight is 474 g/mol. The van der Waals surface area contributed by atoms with E-state index in [1.165, 1.54) is 16.9 Å². The molecule has 1 fully saturated rings. The predicted octanol–water partition coefficient (Wildman–Crippen LogP) is 4.65. The lowest BCUT2D eigenvalue weighted by Gasteiger charge is -2.37. The van der Waals surface area contributed by atoms with E-state index in [1.54, 1.807) is 18.0 Å². The molecule has 7 nitrogen and oxygen atoms in total. The van der Waals surface area contributed by atoms with Crippen molar-refractivity contribution >= 4 is 23.1 Å². The largest absolute Gasteiger partial charge is 0.497 e. The van der Waals surface area contributed by atoms with Crippen molar-refractivity contribution in [3.63, 3.8) is 0 Å².